The third-order valence-electron chi connectivity index (χ3n) is 8.58. The fourth-order valence-electron chi connectivity index (χ4n) is 6.07. The Hall–Kier alpha value is -3.71. The lowest BCUT2D eigenvalue weighted by molar-refractivity contribution is 0.0726. The summed E-state index contributed by atoms with van der Waals surface area (Å²) in [7, 11) is 0. The van der Waals surface area contributed by atoms with E-state index >= 15 is 0 Å². The number of fused-ring (bicyclic) bond motifs is 1. The van der Waals surface area contributed by atoms with Crippen molar-refractivity contribution in [3.63, 3.8) is 0 Å². The van der Waals surface area contributed by atoms with Crippen molar-refractivity contribution >= 4 is 16.8 Å². The summed E-state index contributed by atoms with van der Waals surface area (Å²) in [6.45, 7) is 6.77. The standard InChI is InChI=1S/C33H39N5O2/c1-3-25(4-2)38-19-16-27(17-20-38)40-26-13-10-22(11-14-26)31-28-21-24(12-15-29(28)36-37-31)33(39)35-32(23-8-9-23)30-7-5-6-18-34-30/h5-7,10-15,18,21,23,25,27,32H,3-4,8-9,16-17,19-20H2,1-2H3,(H,35,39)(H,36,37). The first-order valence-electron chi connectivity index (χ1n) is 14.8. The van der Waals surface area contributed by atoms with Crippen LogP contribution in [0.1, 0.15) is 74.5 Å². The number of piperidine rings is 1. The average Bonchev–Trinajstić information content (AvgIpc) is 3.76. The Morgan fingerprint density at radius 2 is 1.80 bits per heavy atom. The van der Waals surface area contributed by atoms with E-state index in [9.17, 15) is 4.79 Å². The highest BCUT2D eigenvalue weighted by atomic mass is 16.5. The van der Waals surface area contributed by atoms with Gasteiger partial charge in [-0.3, -0.25) is 14.9 Å². The van der Waals surface area contributed by atoms with Gasteiger partial charge in [0.05, 0.1) is 22.9 Å². The van der Waals surface area contributed by atoms with E-state index in [1.807, 2.05) is 48.5 Å². The van der Waals surface area contributed by atoms with E-state index < -0.39 is 0 Å². The Morgan fingerprint density at radius 1 is 1.02 bits per heavy atom. The normalized spacial score (nSPS) is 17.3. The van der Waals surface area contributed by atoms with E-state index in [-0.39, 0.29) is 18.1 Å². The minimum Gasteiger partial charge on any atom is -0.490 e. The molecule has 1 saturated carbocycles. The summed E-state index contributed by atoms with van der Waals surface area (Å²) in [4.78, 5) is 20.4. The van der Waals surface area contributed by atoms with Gasteiger partial charge in [-0.25, -0.2) is 0 Å². The van der Waals surface area contributed by atoms with E-state index in [4.69, 9.17) is 4.74 Å². The van der Waals surface area contributed by atoms with Gasteiger partial charge >= 0.3 is 0 Å². The second-order valence-electron chi connectivity index (χ2n) is 11.2. The molecule has 2 aromatic heterocycles. The Morgan fingerprint density at radius 3 is 2.48 bits per heavy atom. The molecule has 2 fully saturated rings. The molecule has 2 N–H and O–H groups in total. The van der Waals surface area contributed by atoms with Crippen LogP contribution in [-0.2, 0) is 0 Å². The second kappa shape index (κ2) is 11.8. The number of aromatic nitrogens is 3. The van der Waals surface area contributed by atoms with Crippen LogP contribution < -0.4 is 10.1 Å². The van der Waals surface area contributed by atoms with Gasteiger partial charge < -0.3 is 15.0 Å². The molecule has 0 bridgehead atoms. The van der Waals surface area contributed by atoms with Crippen LogP contribution in [-0.4, -0.2) is 51.2 Å². The summed E-state index contributed by atoms with van der Waals surface area (Å²) in [5.41, 5.74) is 4.26. The van der Waals surface area contributed by atoms with Gasteiger partial charge in [0.1, 0.15) is 11.9 Å². The molecule has 1 saturated heterocycles. The number of H-pyrrole nitrogens is 1. The van der Waals surface area contributed by atoms with Gasteiger partial charge in [0.25, 0.3) is 5.91 Å². The van der Waals surface area contributed by atoms with E-state index in [1.54, 1.807) is 6.20 Å². The van der Waals surface area contributed by atoms with Gasteiger partial charge in [-0.2, -0.15) is 5.10 Å². The van der Waals surface area contributed by atoms with Crippen LogP contribution in [0.25, 0.3) is 22.2 Å². The molecule has 1 aliphatic heterocycles. The SMILES string of the molecule is CCC(CC)N1CCC(Oc2ccc(-c3n[nH]c4ccc(C(=O)NC(c5ccccn5)C5CC5)cc34)cc2)CC1. The van der Waals surface area contributed by atoms with Gasteiger partial charge in [0.15, 0.2) is 0 Å². The highest BCUT2D eigenvalue weighted by molar-refractivity contribution is 6.01. The molecule has 7 heteroatoms. The van der Waals surface area contributed by atoms with Crippen molar-refractivity contribution in [3.05, 3.63) is 78.1 Å². The van der Waals surface area contributed by atoms with Crippen molar-refractivity contribution < 1.29 is 9.53 Å². The molecule has 1 aliphatic carbocycles. The summed E-state index contributed by atoms with van der Waals surface area (Å²) in [5, 5.41) is 11.9. The van der Waals surface area contributed by atoms with E-state index in [0.29, 0.717) is 17.5 Å². The number of likely N-dealkylation sites (tertiary alicyclic amines) is 1. The molecule has 208 valence electrons. The first kappa shape index (κ1) is 26.5. The van der Waals surface area contributed by atoms with Gasteiger partial charge in [-0.15, -0.1) is 0 Å². The molecule has 2 aliphatic rings. The quantitative estimate of drug-likeness (QED) is 0.240. The predicted octanol–water partition coefficient (Wildman–Crippen LogP) is 6.54. The summed E-state index contributed by atoms with van der Waals surface area (Å²) < 4.78 is 6.35. The summed E-state index contributed by atoms with van der Waals surface area (Å²) in [6.07, 6.45) is 8.83. The summed E-state index contributed by atoms with van der Waals surface area (Å²) >= 11 is 0. The number of carbonyl (C=O) groups is 1. The van der Waals surface area contributed by atoms with Crippen molar-refractivity contribution in [3.8, 4) is 17.0 Å². The predicted molar refractivity (Wildman–Crippen MR) is 158 cm³/mol. The second-order valence-corrected chi connectivity index (χ2v) is 11.2. The van der Waals surface area contributed by atoms with Crippen molar-refractivity contribution in [2.75, 3.05) is 13.1 Å². The zero-order chi connectivity index (χ0) is 27.5. The lowest BCUT2D eigenvalue weighted by atomic mass is 10.0. The minimum atomic E-state index is -0.0874. The molecule has 1 atom stereocenters. The molecule has 0 spiro atoms. The first-order chi connectivity index (χ1) is 19.6. The topological polar surface area (TPSA) is 83.1 Å². The van der Waals surface area contributed by atoms with Crippen LogP contribution in [0.2, 0.25) is 0 Å². The average molecular weight is 538 g/mol. The number of aromatic amines is 1. The monoisotopic (exact) mass is 537 g/mol. The minimum absolute atomic E-state index is 0.0623. The highest BCUT2D eigenvalue weighted by Crippen LogP contribution is 2.40. The van der Waals surface area contributed by atoms with Crippen LogP contribution in [0, 0.1) is 5.92 Å². The van der Waals surface area contributed by atoms with Crippen LogP contribution in [0.15, 0.2) is 66.9 Å². The lowest BCUT2D eigenvalue weighted by Gasteiger charge is -2.36. The number of pyridine rings is 1. The molecule has 40 heavy (non-hydrogen) atoms. The highest BCUT2D eigenvalue weighted by Gasteiger charge is 2.34. The van der Waals surface area contributed by atoms with Gasteiger partial charge in [-0.1, -0.05) is 19.9 Å². The maximum Gasteiger partial charge on any atom is 0.251 e. The molecule has 1 amide bonds. The summed E-state index contributed by atoms with van der Waals surface area (Å²) in [6, 6.07) is 20.4. The van der Waals surface area contributed by atoms with Crippen LogP contribution in [0.5, 0.6) is 5.75 Å². The molecule has 2 aromatic carbocycles. The van der Waals surface area contributed by atoms with E-state index in [1.165, 1.54) is 12.8 Å². The Bertz CT molecular complexity index is 1420. The molecule has 0 radical (unpaired) electrons. The number of hydrogen-bond donors (Lipinski definition) is 2. The van der Waals surface area contributed by atoms with Crippen molar-refractivity contribution in [1.29, 1.82) is 0 Å². The van der Waals surface area contributed by atoms with E-state index in [2.05, 4.69) is 51.4 Å². The van der Waals surface area contributed by atoms with E-state index in [0.717, 1.165) is 72.4 Å². The number of nitrogens with zero attached hydrogens (tertiary/aromatic N) is 3. The molecule has 3 heterocycles. The largest absolute Gasteiger partial charge is 0.490 e. The number of hydrogen-bond acceptors (Lipinski definition) is 5. The number of carbonyl (C=O) groups excluding carboxylic acids is 1. The fourth-order valence-corrected chi connectivity index (χ4v) is 6.07. The molecule has 7 nitrogen and oxygen atoms in total. The number of rotatable bonds is 10. The van der Waals surface area contributed by atoms with Crippen molar-refractivity contribution in [1.82, 2.24) is 25.4 Å². The molecule has 1 unspecified atom stereocenters. The number of benzene rings is 2. The zero-order valence-corrected chi connectivity index (χ0v) is 23.5. The molecular weight excluding hydrogens is 498 g/mol. The van der Waals surface area contributed by atoms with Crippen molar-refractivity contribution in [2.45, 2.75) is 70.6 Å². The lowest BCUT2D eigenvalue weighted by Crippen LogP contribution is -2.43. The first-order valence-corrected chi connectivity index (χ1v) is 14.8. The molecule has 4 aromatic rings. The van der Waals surface area contributed by atoms with Crippen LogP contribution in [0.4, 0.5) is 0 Å². The Kier molecular flexibility index (Phi) is 7.82. The summed E-state index contributed by atoms with van der Waals surface area (Å²) in [5.74, 6) is 1.26. The molecular formula is C33H39N5O2. The smallest absolute Gasteiger partial charge is 0.251 e. The Balaban J connectivity index is 1.13. The van der Waals surface area contributed by atoms with Gasteiger partial charge in [-0.05, 0) is 99.0 Å². The number of ether oxygens (including phenoxy) is 1. The Labute approximate surface area is 236 Å². The fraction of sp³-hybridized carbons (Fsp3) is 0.424. The number of nitrogens with one attached hydrogen (secondary N) is 2. The molecule has 6 rings (SSSR count). The van der Waals surface area contributed by atoms with Crippen molar-refractivity contribution in [2.24, 2.45) is 5.92 Å². The number of amides is 1. The zero-order valence-electron chi connectivity index (χ0n) is 23.5. The third-order valence-corrected chi connectivity index (χ3v) is 8.58. The van der Waals surface area contributed by atoms with Crippen LogP contribution >= 0.6 is 0 Å². The van der Waals surface area contributed by atoms with Gasteiger partial charge in [0.2, 0.25) is 0 Å². The van der Waals surface area contributed by atoms with Crippen LogP contribution in [0.3, 0.4) is 0 Å². The van der Waals surface area contributed by atoms with Gasteiger partial charge in [0, 0.05) is 41.8 Å². The maximum absolute atomic E-state index is 13.3. The maximum atomic E-state index is 13.3. The third kappa shape index (κ3) is 5.75.